The first-order chi connectivity index (χ1) is 14.7. The first-order valence-electron chi connectivity index (χ1n) is 10.1. The fraction of sp³-hybridized carbons (Fsp3) is 0.381. The normalized spacial score (nSPS) is 18.8. The maximum absolute atomic E-state index is 13.0. The van der Waals surface area contributed by atoms with Gasteiger partial charge in [0.2, 0.25) is 10.0 Å². The molecule has 0 amide bonds. The van der Waals surface area contributed by atoms with Gasteiger partial charge in [-0.15, -0.1) is 12.4 Å². The Labute approximate surface area is 192 Å². The Hall–Kier alpha value is -2.53. The predicted octanol–water partition coefficient (Wildman–Crippen LogP) is 3.00. The van der Waals surface area contributed by atoms with Crippen molar-refractivity contribution in [3.8, 4) is 22.6 Å². The van der Waals surface area contributed by atoms with Crippen LogP contribution in [0.4, 0.5) is 5.82 Å². The zero-order valence-electron chi connectivity index (χ0n) is 17.8. The molecule has 4 rings (SSSR count). The molecule has 0 atom stereocenters. The first kappa shape index (κ1) is 24.1. The molecule has 2 heterocycles. The third-order valence-electron chi connectivity index (χ3n) is 5.53. The number of hydrogen-bond acceptors (Lipinski definition) is 8. The average molecular weight is 480 g/mol. The molecule has 4 N–H and O–H groups in total. The number of nitrogens with two attached hydrogens (primary N) is 1. The fourth-order valence-corrected chi connectivity index (χ4v) is 5.09. The number of nitrogen functional groups attached to an aromatic ring is 1. The Morgan fingerprint density at radius 3 is 2.50 bits per heavy atom. The van der Waals surface area contributed by atoms with Gasteiger partial charge >= 0.3 is 0 Å². The van der Waals surface area contributed by atoms with Gasteiger partial charge in [0.15, 0.2) is 5.82 Å². The van der Waals surface area contributed by atoms with Gasteiger partial charge in [0.25, 0.3) is 5.89 Å². The largest absolute Gasteiger partial charge is 0.393 e. The number of aromatic nitrogens is 3. The molecular weight excluding hydrogens is 454 g/mol. The molecule has 1 aromatic carbocycles. The molecule has 0 saturated heterocycles. The van der Waals surface area contributed by atoms with E-state index in [-0.39, 0.29) is 41.2 Å². The Bertz CT molecular complexity index is 1210. The summed E-state index contributed by atoms with van der Waals surface area (Å²) in [6, 6.07) is 6.58. The third kappa shape index (κ3) is 5.09. The zero-order valence-corrected chi connectivity index (χ0v) is 19.4. The van der Waals surface area contributed by atoms with Crippen molar-refractivity contribution >= 4 is 28.2 Å². The highest BCUT2D eigenvalue weighted by atomic mass is 35.5. The molecule has 0 radical (unpaired) electrons. The van der Waals surface area contributed by atoms with Gasteiger partial charge in [-0.25, -0.2) is 18.1 Å². The van der Waals surface area contributed by atoms with Crippen LogP contribution in [0.15, 0.2) is 39.9 Å². The van der Waals surface area contributed by atoms with Crippen LogP contribution in [0.3, 0.4) is 0 Å². The van der Waals surface area contributed by atoms with E-state index in [1.807, 2.05) is 6.92 Å². The van der Waals surface area contributed by atoms with Crippen LogP contribution >= 0.6 is 12.4 Å². The van der Waals surface area contributed by atoms with E-state index in [0.29, 0.717) is 48.2 Å². The molecule has 3 aromatic rings. The van der Waals surface area contributed by atoms with Gasteiger partial charge in [-0.3, -0.25) is 0 Å². The third-order valence-corrected chi connectivity index (χ3v) is 7.04. The topological polar surface area (TPSA) is 144 Å². The summed E-state index contributed by atoms with van der Waals surface area (Å²) in [6.07, 6.45) is 3.68. The van der Waals surface area contributed by atoms with Gasteiger partial charge in [0, 0.05) is 17.8 Å². The number of nitrogens with zero attached hydrogens (tertiary/aromatic N) is 3. The van der Waals surface area contributed by atoms with Gasteiger partial charge in [-0.1, -0.05) is 11.2 Å². The monoisotopic (exact) mass is 479 g/mol. The van der Waals surface area contributed by atoms with Crippen molar-refractivity contribution in [3.05, 3.63) is 41.9 Å². The summed E-state index contributed by atoms with van der Waals surface area (Å²) < 4.78 is 33.9. The van der Waals surface area contributed by atoms with E-state index < -0.39 is 10.0 Å². The van der Waals surface area contributed by atoms with Gasteiger partial charge in [-0.05, 0) is 68.9 Å². The molecular formula is C21H26ClN5O4S. The second kappa shape index (κ2) is 9.53. The van der Waals surface area contributed by atoms with Crippen molar-refractivity contribution in [1.82, 2.24) is 19.8 Å². The van der Waals surface area contributed by atoms with Gasteiger partial charge in [-0.2, -0.15) is 4.98 Å². The number of nitrogens with one attached hydrogen (secondary N) is 1. The lowest BCUT2D eigenvalue weighted by Crippen LogP contribution is -2.38. The van der Waals surface area contributed by atoms with E-state index in [0.717, 1.165) is 5.56 Å². The smallest absolute Gasteiger partial charge is 0.261 e. The Balaban J connectivity index is 0.00000289. The summed E-state index contributed by atoms with van der Waals surface area (Å²) in [5.41, 5.74) is 8.78. The summed E-state index contributed by atoms with van der Waals surface area (Å²) in [7, 11) is -3.71. The summed E-state index contributed by atoms with van der Waals surface area (Å²) in [6.45, 7) is 3.60. The predicted molar refractivity (Wildman–Crippen MR) is 123 cm³/mol. The quantitative estimate of drug-likeness (QED) is 0.506. The van der Waals surface area contributed by atoms with Crippen LogP contribution in [0.1, 0.15) is 37.1 Å². The van der Waals surface area contributed by atoms with Crippen LogP contribution in [0, 0.1) is 13.8 Å². The molecule has 1 saturated carbocycles. The minimum absolute atomic E-state index is 0. The maximum Gasteiger partial charge on any atom is 0.261 e. The number of pyridine rings is 1. The van der Waals surface area contributed by atoms with E-state index >= 15 is 0 Å². The van der Waals surface area contributed by atoms with Gasteiger partial charge < -0.3 is 15.4 Å². The molecule has 1 aliphatic rings. The zero-order chi connectivity index (χ0) is 22.2. The number of aliphatic hydroxyl groups excluding tert-OH is 1. The Kier molecular flexibility index (Phi) is 7.19. The van der Waals surface area contributed by atoms with Crippen LogP contribution in [0.5, 0.6) is 0 Å². The number of halogens is 1. The van der Waals surface area contributed by atoms with Crippen molar-refractivity contribution in [3.63, 3.8) is 0 Å². The lowest BCUT2D eigenvalue weighted by atomic mass is 9.94. The van der Waals surface area contributed by atoms with E-state index in [1.54, 1.807) is 37.4 Å². The minimum Gasteiger partial charge on any atom is -0.393 e. The molecule has 172 valence electrons. The number of benzene rings is 1. The van der Waals surface area contributed by atoms with E-state index in [1.165, 1.54) is 0 Å². The van der Waals surface area contributed by atoms with Crippen LogP contribution < -0.4 is 10.5 Å². The standard InChI is InChI=1S/C21H25N5O4S.ClH/c1-12-3-8-17(31(28,29)26-15-4-6-16(27)7-5-15)10-18(12)14-9-19(20(22)23-11-14)21-24-13(2)25-30-21;/h3,8-11,15-16,26-27H,4-7H2,1-2H3,(H2,22,23);1H. The van der Waals surface area contributed by atoms with Crippen LogP contribution in [0.25, 0.3) is 22.6 Å². The summed E-state index contributed by atoms with van der Waals surface area (Å²) in [5, 5.41) is 13.4. The molecule has 11 heteroatoms. The van der Waals surface area contributed by atoms with Crippen LogP contribution in [-0.2, 0) is 10.0 Å². The van der Waals surface area contributed by atoms with Gasteiger partial charge in [0.1, 0.15) is 5.82 Å². The number of sulfonamides is 1. The SMILES string of the molecule is Cc1noc(-c2cc(-c3cc(S(=O)(=O)NC4CCC(O)CC4)ccc3C)cnc2N)n1.Cl. The number of rotatable bonds is 5. The second-order valence-corrected chi connectivity index (χ2v) is 9.62. The molecule has 1 fully saturated rings. The molecule has 1 aliphatic carbocycles. The summed E-state index contributed by atoms with van der Waals surface area (Å²) in [5.74, 6) is 0.979. The summed E-state index contributed by atoms with van der Waals surface area (Å²) in [4.78, 5) is 8.61. The molecule has 0 spiro atoms. The maximum atomic E-state index is 13.0. The van der Waals surface area contributed by atoms with Crippen molar-refractivity contribution < 1.29 is 18.0 Å². The number of aliphatic hydroxyl groups is 1. The fourth-order valence-electron chi connectivity index (χ4n) is 3.76. The minimum atomic E-state index is -3.71. The van der Waals surface area contributed by atoms with Crippen molar-refractivity contribution in [1.29, 1.82) is 0 Å². The van der Waals surface area contributed by atoms with Crippen LogP contribution in [0.2, 0.25) is 0 Å². The molecule has 9 nitrogen and oxygen atoms in total. The van der Waals surface area contributed by atoms with Crippen molar-refractivity contribution in [2.45, 2.75) is 56.6 Å². The molecule has 0 unspecified atom stereocenters. The highest BCUT2D eigenvalue weighted by Crippen LogP contribution is 2.32. The molecule has 2 aromatic heterocycles. The lowest BCUT2D eigenvalue weighted by Gasteiger charge is -2.26. The molecule has 0 bridgehead atoms. The van der Waals surface area contributed by atoms with Crippen LogP contribution in [-0.4, -0.2) is 40.8 Å². The molecule has 0 aliphatic heterocycles. The Morgan fingerprint density at radius 1 is 1.12 bits per heavy atom. The highest BCUT2D eigenvalue weighted by molar-refractivity contribution is 7.89. The van der Waals surface area contributed by atoms with Crippen molar-refractivity contribution in [2.75, 3.05) is 5.73 Å². The Morgan fingerprint density at radius 2 is 1.84 bits per heavy atom. The number of hydrogen-bond donors (Lipinski definition) is 3. The molecule has 32 heavy (non-hydrogen) atoms. The second-order valence-electron chi connectivity index (χ2n) is 7.91. The number of anilines is 1. The van der Waals surface area contributed by atoms with Crippen molar-refractivity contribution in [2.24, 2.45) is 0 Å². The van der Waals surface area contributed by atoms with E-state index in [4.69, 9.17) is 10.3 Å². The highest BCUT2D eigenvalue weighted by Gasteiger charge is 2.25. The first-order valence-corrected chi connectivity index (χ1v) is 11.6. The lowest BCUT2D eigenvalue weighted by molar-refractivity contribution is 0.120. The van der Waals surface area contributed by atoms with E-state index in [9.17, 15) is 13.5 Å². The van der Waals surface area contributed by atoms with E-state index in [2.05, 4.69) is 19.8 Å². The summed E-state index contributed by atoms with van der Waals surface area (Å²) >= 11 is 0. The number of aryl methyl sites for hydroxylation is 2. The average Bonchev–Trinajstić information content (AvgIpc) is 3.16. The van der Waals surface area contributed by atoms with Gasteiger partial charge in [0.05, 0.1) is 16.6 Å².